The van der Waals surface area contributed by atoms with Gasteiger partial charge < -0.3 is 23.7 Å². The average molecular weight is 647 g/mol. The minimum Gasteiger partial charge on any atom is -0.481 e. The number of carbonyl (C=O) groups excluding carboxylic acids is 3. The SMILES string of the molecule is CC(C)(C)OC(=O)COc1ccc(C2(c3ccc(OCC(=O)OC(C)(C)C)c4ccccc34)OC(=O)c3ccccc32)c2ccccc12. The van der Waals surface area contributed by atoms with Crippen molar-refractivity contribution in [3.8, 4) is 11.5 Å². The number of rotatable bonds is 8. The predicted molar refractivity (Wildman–Crippen MR) is 182 cm³/mol. The first-order valence-electron chi connectivity index (χ1n) is 15.8. The van der Waals surface area contributed by atoms with Gasteiger partial charge in [0.05, 0.1) is 5.56 Å². The van der Waals surface area contributed by atoms with Crippen LogP contribution in [0.5, 0.6) is 11.5 Å². The van der Waals surface area contributed by atoms with Crippen molar-refractivity contribution >= 4 is 39.5 Å². The van der Waals surface area contributed by atoms with Gasteiger partial charge in [0, 0.05) is 27.5 Å². The summed E-state index contributed by atoms with van der Waals surface area (Å²) < 4.78 is 29.4. The zero-order valence-electron chi connectivity index (χ0n) is 27.9. The lowest BCUT2D eigenvalue weighted by Gasteiger charge is -2.33. The summed E-state index contributed by atoms with van der Waals surface area (Å²) in [6, 6.07) is 30.0. The molecule has 0 amide bonds. The second-order valence-electron chi connectivity index (χ2n) is 13.7. The highest BCUT2D eigenvalue weighted by Crippen LogP contribution is 2.52. The van der Waals surface area contributed by atoms with Gasteiger partial charge in [-0.3, -0.25) is 0 Å². The van der Waals surface area contributed by atoms with E-state index >= 15 is 0 Å². The summed E-state index contributed by atoms with van der Waals surface area (Å²) in [6.07, 6.45) is 0. The second-order valence-corrected chi connectivity index (χ2v) is 13.7. The Labute approximate surface area is 279 Å². The van der Waals surface area contributed by atoms with E-state index < -0.39 is 34.7 Å². The molecule has 0 unspecified atom stereocenters. The molecule has 0 spiro atoms. The quantitative estimate of drug-likeness (QED) is 0.124. The maximum atomic E-state index is 13.6. The van der Waals surface area contributed by atoms with Crippen molar-refractivity contribution in [2.45, 2.75) is 58.3 Å². The molecule has 1 heterocycles. The third-order valence-electron chi connectivity index (χ3n) is 7.83. The Bertz CT molecular complexity index is 1930. The standard InChI is InChI=1S/C40H38O8/c1-38(2,3)46-35(41)23-44-33-21-19-31(25-13-7-9-15-27(25)33)40(30-18-12-11-17-29(30)37(43)48-40)32-20-22-34(28-16-10-8-14-26(28)32)45-24-36(42)47-39(4,5)6/h7-22H,23-24H2,1-6H3. The van der Waals surface area contributed by atoms with Gasteiger partial charge in [-0.1, -0.05) is 66.7 Å². The first kappa shape index (κ1) is 32.6. The summed E-state index contributed by atoms with van der Waals surface area (Å²) in [5.41, 5.74) is -0.0615. The van der Waals surface area contributed by atoms with Crippen molar-refractivity contribution in [3.63, 3.8) is 0 Å². The molecule has 0 radical (unpaired) electrons. The van der Waals surface area contributed by atoms with Gasteiger partial charge in [0.2, 0.25) is 0 Å². The lowest BCUT2D eigenvalue weighted by atomic mass is 9.76. The van der Waals surface area contributed by atoms with Crippen molar-refractivity contribution in [3.05, 3.63) is 119 Å². The van der Waals surface area contributed by atoms with Crippen molar-refractivity contribution in [1.29, 1.82) is 0 Å². The molecule has 0 bridgehead atoms. The lowest BCUT2D eigenvalue weighted by Crippen LogP contribution is -2.30. The molecular formula is C40H38O8. The number of cyclic esters (lactones) is 1. The van der Waals surface area contributed by atoms with Gasteiger partial charge in [-0.25, -0.2) is 14.4 Å². The number of hydrogen-bond donors (Lipinski definition) is 0. The summed E-state index contributed by atoms with van der Waals surface area (Å²) in [5.74, 6) is -0.431. The fourth-order valence-electron chi connectivity index (χ4n) is 6.19. The summed E-state index contributed by atoms with van der Waals surface area (Å²) in [5, 5.41) is 3.02. The van der Waals surface area contributed by atoms with E-state index in [-0.39, 0.29) is 13.2 Å². The van der Waals surface area contributed by atoms with Crippen LogP contribution in [0.2, 0.25) is 0 Å². The van der Waals surface area contributed by atoms with Gasteiger partial charge in [0.1, 0.15) is 22.7 Å². The van der Waals surface area contributed by atoms with Crippen LogP contribution in [0.4, 0.5) is 0 Å². The van der Waals surface area contributed by atoms with E-state index in [2.05, 4.69) is 0 Å². The average Bonchev–Trinajstić information content (AvgIpc) is 3.33. The third kappa shape index (κ3) is 6.30. The Hall–Kier alpha value is -5.37. The molecule has 0 N–H and O–H groups in total. The lowest BCUT2D eigenvalue weighted by molar-refractivity contribution is -0.158. The first-order valence-corrected chi connectivity index (χ1v) is 15.8. The highest BCUT2D eigenvalue weighted by atomic mass is 16.6. The zero-order chi connectivity index (χ0) is 34.3. The Morgan fingerprint density at radius 2 is 0.979 bits per heavy atom. The molecule has 0 fully saturated rings. The van der Waals surface area contributed by atoms with Crippen molar-refractivity contribution in [2.24, 2.45) is 0 Å². The molecule has 0 saturated heterocycles. The summed E-state index contributed by atoms with van der Waals surface area (Å²) in [4.78, 5) is 38.7. The molecule has 0 aromatic heterocycles. The highest BCUT2D eigenvalue weighted by Gasteiger charge is 2.50. The summed E-state index contributed by atoms with van der Waals surface area (Å²) >= 11 is 0. The van der Waals surface area contributed by atoms with Gasteiger partial charge in [-0.15, -0.1) is 0 Å². The molecule has 246 valence electrons. The van der Waals surface area contributed by atoms with Gasteiger partial charge in [-0.2, -0.15) is 0 Å². The number of benzene rings is 5. The Morgan fingerprint density at radius 3 is 1.44 bits per heavy atom. The minimum absolute atomic E-state index is 0.265. The van der Waals surface area contributed by atoms with E-state index in [1.807, 2.05) is 78.9 Å². The minimum atomic E-state index is -1.36. The molecular weight excluding hydrogens is 608 g/mol. The second kappa shape index (κ2) is 12.3. The van der Waals surface area contributed by atoms with Gasteiger partial charge in [-0.05, 0) is 82.6 Å². The van der Waals surface area contributed by atoms with E-state index in [1.165, 1.54) is 0 Å². The van der Waals surface area contributed by atoms with Crippen molar-refractivity contribution in [1.82, 2.24) is 0 Å². The van der Waals surface area contributed by atoms with Gasteiger partial charge >= 0.3 is 17.9 Å². The van der Waals surface area contributed by atoms with Gasteiger partial charge in [0.15, 0.2) is 18.8 Å². The molecule has 6 rings (SSSR count). The van der Waals surface area contributed by atoms with Crippen LogP contribution in [0, 0.1) is 0 Å². The summed E-state index contributed by atoms with van der Waals surface area (Å²) in [7, 11) is 0. The van der Waals surface area contributed by atoms with E-state index in [9.17, 15) is 14.4 Å². The molecule has 0 saturated carbocycles. The predicted octanol–water partition coefficient (Wildman–Crippen LogP) is 7.90. The van der Waals surface area contributed by atoms with Crippen LogP contribution in [0.15, 0.2) is 97.1 Å². The highest BCUT2D eigenvalue weighted by molar-refractivity contribution is 6.02. The molecule has 8 heteroatoms. The van der Waals surface area contributed by atoms with Crippen LogP contribution in [-0.2, 0) is 29.4 Å². The summed E-state index contributed by atoms with van der Waals surface area (Å²) in [6.45, 7) is 10.3. The number of esters is 3. The fourth-order valence-corrected chi connectivity index (χ4v) is 6.19. The van der Waals surface area contributed by atoms with Crippen LogP contribution in [0.25, 0.3) is 21.5 Å². The Kier molecular flexibility index (Phi) is 8.37. The topological polar surface area (TPSA) is 97.4 Å². The molecule has 5 aromatic rings. The maximum Gasteiger partial charge on any atom is 0.344 e. The van der Waals surface area contributed by atoms with E-state index in [0.29, 0.717) is 33.8 Å². The molecule has 5 aromatic carbocycles. The fraction of sp³-hybridized carbons (Fsp3) is 0.275. The van der Waals surface area contributed by atoms with Crippen LogP contribution in [0.3, 0.4) is 0 Å². The van der Waals surface area contributed by atoms with Gasteiger partial charge in [0.25, 0.3) is 0 Å². The first-order chi connectivity index (χ1) is 22.8. The molecule has 8 nitrogen and oxygen atoms in total. The smallest absolute Gasteiger partial charge is 0.344 e. The zero-order valence-corrected chi connectivity index (χ0v) is 27.9. The molecule has 0 aliphatic carbocycles. The van der Waals surface area contributed by atoms with Crippen LogP contribution in [-0.4, -0.2) is 42.3 Å². The molecule has 1 aliphatic rings. The number of ether oxygens (including phenoxy) is 5. The molecule has 0 atom stereocenters. The van der Waals surface area contributed by atoms with E-state index in [4.69, 9.17) is 23.7 Å². The maximum absolute atomic E-state index is 13.6. The molecule has 48 heavy (non-hydrogen) atoms. The number of carbonyl (C=O) groups is 3. The number of fused-ring (bicyclic) bond motifs is 3. The van der Waals surface area contributed by atoms with Crippen LogP contribution >= 0.6 is 0 Å². The van der Waals surface area contributed by atoms with Crippen molar-refractivity contribution in [2.75, 3.05) is 13.2 Å². The van der Waals surface area contributed by atoms with Crippen molar-refractivity contribution < 1.29 is 38.1 Å². The van der Waals surface area contributed by atoms with E-state index in [0.717, 1.165) is 21.5 Å². The monoisotopic (exact) mass is 646 g/mol. The van der Waals surface area contributed by atoms with Crippen LogP contribution in [0.1, 0.15) is 68.6 Å². The van der Waals surface area contributed by atoms with E-state index in [1.54, 1.807) is 59.7 Å². The Morgan fingerprint density at radius 1 is 0.562 bits per heavy atom. The third-order valence-corrected chi connectivity index (χ3v) is 7.83. The normalized spacial score (nSPS) is 13.9. The van der Waals surface area contributed by atoms with Crippen LogP contribution < -0.4 is 9.47 Å². The Balaban J connectivity index is 1.50. The number of hydrogen-bond acceptors (Lipinski definition) is 8. The largest absolute Gasteiger partial charge is 0.481 e. The molecule has 1 aliphatic heterocycles.